The second kappa shape index (κ2) is 8.15. The molecule has 1 aliphatic rings. The number of ether oxygens (including phenoxy) is 1. The zero-order valence-corrected chi connectivity index (χ0v) is 14.2. The number of rotatable bonds is 7. The molecule has 2 aromatic rings. The number of nitrogens with zero attached hydrogens (tertiary/aromatic N) is 2. The minimum Gasteiger partial charge on any atom is -0.492 e. The van der Waals surface area contributed by atoms with Crippen molar-refractivity contribution in [1.29, 1.82) is 0 Å². The molecular weight excluding hydrogens is 332 g/mol. The van der Waals surface area contributed by atoms with Crippen LogP contribution in [0.25, 0.3) is 0 Å². The van der Waals surface area contributed by atoms with Crippen LogP contribution in [-0.2, 0) is 9.59 Å². The van der Waals surface area contributed by atoms with E-state index in [0.717, 1.165) is 5.75 Å². The highest BCUT2D eigenvalue weighted by Crippen LogP contribution is 2.24. The summed E-state index contributed by atoms with van der Waals surface area (Å²) >= 11 is 0. The maximum Gasteiger partial charge on any atom is 0.267 e. The van der Waals surface area contributed by atoms with Crippen LogP contribution in [-0.4, -0.2) is 36.7 Å². The zero-order valence-electron chi connectivity index (χ0n) is 14.2. The summed E-state index contributed by atoms with van der Waals surface area (Å²) in [6.07, 6.45) is 0.176. The topological polar surface area (TPSA) is 97.0 Å². The molecule has 1 heterocycles. The first-order chi connectivity index (χ1) is 12.6. The SMILES string of the molecule is NC(=O)[C@H]1CC(C(=O)NCCOc2ccccc2)=NN1c1ccccc1. The lowest BCUT2D eigenvalue weighted by atomic mass is 10.1. The number of anilines is 1. The molecule has 0 aromatic heterocycles. The fourth-order valence-corrected chi connectivity index (χ4v) is 2.64. The quantitative estimate of drug-likeness (QED) is 0.734. The highest BCUT2D eigenvalue weighted by atomic mass is 16.5. The molecule has 0 spiro atoms. The first kappa shape index (κ1) is 17.5. The Kier molecular flexibility index (Phi) is 5.48. The van der Waals surface area contributed by atoms with Crippen molar-refractivity contribution < 1.29 is 14.3 Å². The minimum atomic E-state index is -0.668. The number of benzene rings is 2. The molecule has 2 amide bonds. The van der Waals surface area contributed by atoms with E-state index in [1.165, 1.54) is 5.01 Å². The maximum atomic E-state index is 12.3. The fraction of sp³-hybridized carbons (Fsp3) is 0.211. The van der Waals surface area contributed by atoms with Crippen LogP contribution in [0.15, 0.2) is 65.8 Å². The largest absolute Gasteiger partial charge is 0.492 e. The Hall–Kier alpha value is -3.35. The van der Waals surface area contributed by atoms with Gasteiger partial charge in [-0.05, 0) is 24.3 Å². The van der Waals surface area contributed by atoms with E-state index < -0.39 is 11.9 Å². The summed E-state index contributed by atoms with van der Waals surface area (Å²) < 4.78 is 5.53. The van der Waals surface area contributed by atoms with Crippen LogP contribution in [0.1, 0.15) is 6.42 Å². The molecule has 134 valence electrons. The third-order valence-corrected chi connectivity index (χ3v) is 3.92. The minimum absolute atomic E-state index is 0.176. The van der Waals surface area contributed by atoms with E-state index in [4.69, 9.17) is 10.5 Å². The van der Waals surface area contributed by atoms with E-state index in [9.17, 15) is 9.59 Å². The molecule has 0 radical (unpaired) electrons. The number of nitrogens with one attached hydrogen (secondary N) is 1. The number of nitrogens with two attached hydrogens (primary N) is 1. The molecule has 1 atom stereocenters. The van der Waals surface area contributed by atoms with Gasteiger partial charge in [-0.15, -0.1) is 0 Å². The van der Waals surface area contributed by atoms with E-state index in [-0.39, 0.29) is 18.0 Å². The van der Waals surface area contributed by atoms with E-state index >= 15 is 0 Å². The Morgan fingerprint density at radius 2 is 1.77 bits per heavy atom. The van der Waals surface area contributed by atoms with Crippen LogP contribution in [0.5, 0.6) is 5.75 Å². The van der Waals surface area contributed by atoms with Crippen molar-refractivity contribution in [3.05, 3.63) is 60.7 Å². The molecule has 3 rings (SSSR count). The smallest absolute Gasteiger partial charge is 0.267 e. The molecule has 0 bridgehead atoms. The monoisotopic (exact) mass is 352 g/mol. The summed E-state index contributed by atoms with van der Waals surface area (Å²) in [5.41, 5.74) is 6.46. The molecule has 7 nitrogen and oxygen atoms in total. The van der Waals surface area contributed by atoms with Crippen LogP contribution in [0.4, 0.5) is 5.69 Å². The molecule has 3 N–H and O–H groups in total. The third kappa shape index (κ3) is 4.18. The maximum absolute atomic E-state index is 12.3. The number of amides is 2. The van der Waals surface area contributed by atoms with Crippen molar-refractivity contribution in [2.45, 2.75) is 12.5 Å². The van der Waals surface area contributed by atoms with E-state index in [2.05, 4.69) is 10.4 Å². The van der Waals surface area contributed by atoms with Crippen molar-refractivity contribution in [2.24, 2.45) is 10.8 Å². The van der Waals surface area contributed by atoms with Crippen molar-refractivity contribution in [2.75, 3.05) is 18.2 Å². The summed E-state index contributed by atoms with van der Waals surface area (Å²) in [6, 6.07) is 17.8. The molecular formula is C19H20N4O3. The molecule has 0 aliphatic carbocycles. The summed E-state index contributed by atoms with van der Waals surface area (Å²) in [6.45, 7) is 0.671. The normalized spacial score (nSPS) is 16.1. The molecule has 26 heavy (non-hydrogen) atoms. The lowest BCUT2D eigenvalue weighted by Crippen LogP contribution is -2.40. The van der Waals surface area contributed by atoms with Crippen LogP contribution >= 0.6 is 0 Å². The van der Waals surface area contributed by atoms with Gasteiger partial charge >= 0.3 is 0 Å². The lowest BCUT2D eigenvalue weighted by Gasteiger charge is -2.20. The number of primary amides is 1. The number of hydrazone groups is 1. The van der Waals surface area contributed by atoms with Crippen LogP contribution in [0.2, 0.25) is 0 Å². The summed E-state index contributed by atoms with van der Waals surface area (Å²) in [7, 11) is 0. The fourth-order valence-electron chi connectivity index (χ4n) is 2.64. The average molecular weight is 352 g/mol. The van der Waals surface area contributed by atoms with Gasteiger partial charge in [0.1, 0.15) is 24.1 Å². The molecule has 7 heteroatoms. The van der Waals surface area contributed by atoms with Gasteiger partial charge in [0.05, 0.1) is 12.2 Å². The number of para-hydroxylation sites is 2. The first-order valence-corrected chi connectivity index (χ1v) is 8.32. The second-order valence-electron chi connectivity index (χ2n) is 5.77. The molecule has 0 fully saturated rings. The van der Waals surface area contributed by atoms with E-state index in [1.807, 2.05) is 60.7 Å². The molecule has 0 unspecified atom stereocenters. The summed E-state index contributed by atoms with van der Waals surface area (Å²) in [5, 5.41) is 8.54. The standard InChI is InChI=1S/C19H20N4O3/c20-18(24)17-13-16(22-23(17)14-7-3-1-4-8-14)19(25)21-11-12-26-15-9-5-2-6-10-15/h1-10,17H,11-13H2,(H2,20,24)(H,21,25)/t17-/m1/s1. The lowest BCUT2D eigenvalue weighted by molar-refractivity contribution is -0.119. The predicted octanol–water partition coefficient (Wildman–Crippen LogP) is 1.30. The van der Waals surface area contributed by atoms with Crippen LogP contribution in [0, 0.1) is 0 Å². The highest BCUT2D eigenvalue weighted by Gasteiger charge is 2.34. The van der Waals surface area contributed by atoms with Gasteiger partial charge in [0.25, 0.3) is 5.91 Å². The van der Waals surface area contributed by atoms with Gasteiger partial charge in [-0.1, -0.05) is 36.4 Å². The van der Waals surface area contributed by atoms with E-state index in [1.54, 1.807) is 0 Å². The first-order valence-electron chi connectivity index (χ1n) is 8.32. The van der Waals surface area contributed by atoms with Crippen molar-refractivity contribution in [1.82, 2.24) is 5.32 Å². The van der Waals surface area contributed by atoms with Gasteiger partial charge in [0.15, 0.2) is 0 Å². The molecule has 0 saturated carbocycles. The Balaban J connectivity index is 1.57. The van der Waals surface area contributed by atoms with Gasteiger partial charge in [-0.25, -0.2) is 0 Å². The van der Waals surface area contributed by atoms with Gasteiger partial charge in [0.2, 0.25) is 5.91 Å². The van der Waals surface area contributed by atoms with Gasteiger partial charge in [-0.3, -0.25) is 14.6 Å². The van der Waals surface area contributed by atoms with Crippen molar-refractivity contribution >= 4 is 23.2 Å². The Labute approximate surface area is 151 Å². The Morgan fingerprint density at radius 3 is 2.42 bits per heavy atom. The van der Waals surface area contributed by atoms with Crippen LogP contribution in [0.3, 0.4) is 0 Å². The average Bonchev–Trinajstić information content (AvgIpc) is 3.12. The van der Waals surface area contributed by atoms with E-state index in [0.29, 0.717) is 18.8 Å². The van der Waals surface area contributed by atoms with Gasteiger partial charge < -0.3 is 15.8 Å². The van der Waals surface area contributed by atoms with Gasteiger partial charge in [0, 0.05) is 6.42 Å². The highest BCUT2D eigenvalue weighted by molar-refractivity contribution is 6.40. The second-order valence-corrected chi connectivity index (χ2v) is 5.77. The number of carbonyl (C=O) groups excluding carboxylic acids is 2. The number of hydrogen-bond acceptors (Lipinski definition) is 5. The van der Waals surface area contributed by atoms with Crippen molar-refractivity contribution in [3.8, 4) is 5.75 Å². The van der Waals surface area contributed by atoms with Crippen molar-refractivity contribution in [3.63, 3.8) is 0 Å². The summed E-state index contributed by atoms with van der Waals surface area (Å²) in [4.78, 5) is 24.1. The number of hydrogen-bond donors (Lipinski definition) is 2. The Bertz CT molecular complexity index is 793. The number of carbonyl (C=O) groups is 2. The molecule has 1 aliphatic heterocycles. The predicted molar refractivity (Wildman–Crippen MR) is 98.9 cm³/mol. The summed E-state index contributed by atoms with van der Waals surface area (Å²) in [5.74, 6) is -0.108. The van der Waals surface area contributed by atoms with Gasteiger partial charge in [-0.2, -0.15) is 5.10 Å². The molecule has 0 saturated heterocycles. The molecule has 2 aromatic carbocycles. The Morgan fingerprint density at radius 1 is 1.12 bits per heavy atom. The van der Waals surface area contributed by atoms with Crippen LogP contribution < -0.4 is 20.8 Å². The zero-order chi connectivity index (χ0) is 18.4. The third-order valence-electron chi connectivity index (χ3n) is 3.92.